The van der Waals surface area contributed by atoms with Gasteiger partial charge in [0, 0.05) is 36.1 Å². The fraction of sp³-hybridized carbons (Fsp3) is 0.370. The summed E-state index contributed by atoms with van der Waals surface area (Å²) in [5, 5.41) is 3.79. The molecule has 0 bridgehead atoms. The van der Waals surface area contributed by atoms with Crippen LogP contribution >= 0.6 is 11.6 Å². The molecule has 0 unspecified atom stereocenters. The molecule has 1 aliphatic carbocycles. The first-order valence-electron chi connectivity index (χ1n) is 12.5. The minimum absolute atomic E-state index is 0.0604. The van der Waals surface area contributed by atoms with Crippen LogP contribution in [-0.2, 0) is 26.6 Å². The summed E-state index contributed by atoms with van der Waals surface area (Å²) < 4.78 is 65.7. The minimum atomic E-state index is -4.58. The normalized spacial score (nSPS) is 14.4. The van der Waals surface area contributed by atoms with E-state index in [0.717, 1.165) is 24.7 Å². The van der Waals surface area contributed by atoms with E-state index in [1.54, 1.807) is 36.4 Å². The molecule has 4 rings (SSSR count). The number of hydrogen-bond acceptors (Lipinski definition) is 9. The maximum Gasteiger partial charge on any atom is 0.422 e. The summed E-state index contributed by atoms with van der Waals surface area (Å²) in [6.45, 7) is -1.57. The molecule has 0 amide bonds. The van der Waals surface area contributed by atoms with Gasteiger partial charge in [0.05, 0.1) is 5.54 Å². The number of nitrogens with zero attached hydrogens (tertiary/aromatic N) is 3. The second-order valence-corrected chi connectivity index (χ2v) is 12.5. The number of aromatic nitrogens is 3. The van der Waals surface area contributed by atoms with Gasteiger partial charge in [0.1, 0.15) is 17.4 Å². The third-order valence-electron chi connectivity index (χ3n) is 6.22. The maximum atomic E-state index is 12.8. The van der Waals surface area contributed by atoms with Gasteiger partial charge in [0.25, 0.3) is 0 Å². The van der Waals surface area contributed by atoms with Crippen LogP contribution in [0.2, 0.25) is 5.02 Å². The minimum Gasteiger partial charge on any atom is -0.454 e. The first kappa shape index (κ1) is 30.4. The number of Topliss-reactive ketones (excluding diaryl/α,β-unsaturated/α-hetero) is 2. The van der Waals surface area contributed by atoms with E-state index >= 15 is 0 Å². The number of sulfone groups is 1. The number of nitrogens with one attached hydrogen (secondary N) is 1. The zero-order valence-corrected chi connectivity index (χ0v) is 23.4. The first-order valence-corrected chi connectivity index (χ1v) is 14.9. The Balaban J connectivity index is 1.48. The lowest BCUT2D eigenvalue weighted by Crippen LogP contribution is -2.23. The third kappa shape index (κ3) is 9.22. The fourth-order valence-corrected chi connectivity index (χ4v) is 4.95. The van der Waals surface area contributed by atoms with E-state index in [-0.39, 0.29) is 36.8 Å². The predicted octanol–water partition coefficient (Wildman–Crippen LogP) is 4.73. The molecule has 1 heterocycles. The van der Waals surface area contributed by atoms with E-state index in [1.807, 2.05) is 12.1 Å². The number of benzene rings is 2. The van der Waals surface area contributed by atoms with Gasteiger partial charge >= 0.3 is 12.2 Å². The number of ether oxygens (including phenoxy) is 1. The fourth-order valence-electron chi connectivity index (χ4n) is 4.09. The Morgan fingerprint density at radius 2 is 1.66 bits per heavy atom. The average Bonchev–Trinajstić information content (AvgIpc) is 3.66. The molecule has 1 fully saturated rings. The van der Waals surface area contributed by atoms with Crippen molar-refractivity contribution in [3.05, 3.63) is 76.1 Å². The van der Waals surface area contributed by atoms with Crippen LogP contribution in [0.25, 0.3) is 0 Å². The van der Waals surface area contributed by atoms with E-state index in [4.69, 9.17) is 16.3 Å². The van der Waals surface area contributed by atoms with Crippen LogP contribution in [0.15, 0.2) is 48.5 Å². The van der Waals surface area contributed by atoms with E-state index < -0.39 is 45.7 Å². The summed E-state index contributed by atoms with van der Waals surface area (Å²) in [4.78, 5) is 36.7. The monoisotopic (exact) mass is 610 g/mol. The number of alkyl halides is 3. The van der Waals surface area contributed by atoms with Crippen molar-refractivity contribution in [1.82, 2.24) is 15.0 Å². The molecule has 218 valence electrons. The first-order chi connectivity index (χ1) is 19.2. The Hall–Kier alpha value is -3.58. The van der Waals surface area contributed by atoms with E-state index in [9.17, 15) is 31.2 Å². The highest BCUT2D eigenvalue weighted by molar-refractivity contribution is 7.91. The summed E-state index contributed by atoms with van der Waals surface area (Å²) in [5.74, 6) is -1.27. The molecule has 2 aromatic carbocycles. The Morgan fingerprint density at radius 1 is 1.00 bits per heavy atom. The van der Waals surface area contributed by atoms with Gasteiger partial charge in [-0.25, -0.2) is 8.42 Å². The molecule has 1 saturated carbocycles. The molecule has 0 saturated heterocycles. The predicted molar refractivity (Wildman–Crippen MR) is 145 cm³/mol. The zero-order valence-electron chi connectivity index (χ0n) is 21.9. The molecular weight excluding hydrogens is 585 g/mol. The van der Waals surface area contributed by atoms with Crippen LogP contribution in [0, 0.1) is 0 Å². The molecule has 1 N–H and O–H groups in total. The summed E-state index contributed by atoms with van der Waals surface area (Å²) in [6.07, 6.45) is -2.34. The summed E-state index contributed by atoms with van der Waals surface area (Å²) in [5.41, 5.74) is 1.42. The number of anilines is 1. The number of carbonyl (C=O) groups is 2. The molecule has 41 heavy (non-hydrogen) atoms. The Labute approximate surface area is 239 Å². The van der Waals surface area contributed by atoms with Gasteiger partial charge in [-0.1, -0.05) is 48.0 Å². The number of hydrogen-bond donors (Lipinski definition) is 1. The summed E-state index contributed by atoms with van der Waals surface area (Å²) in [6, 6.07) is 13.1. The van der Waals surface area contributed by atoms with E-state index in [0.29, 0.717) is 16.1 Å². The van der Waals surface area contributed by atoms with Gasteiger partial charge in [-0.05, 0) is 36.1 Å². The largest absolute Gasteiger partial charge is 0.454 e. The Morgan fingerprint density at radius 3 is 2.24 bits per heavy atom. The zero-order chi connectivity index (χ0) is 29.8. The lowest BCUT2D eigenvalue weighted by Gasteiger charge is -2.19. The van der Waals surface area contributed by atoms with Crippen LogP contribution in [0.3, 0.4) is 0 Å². The molecule has 0 spiro atoms. The van der Waals surface area contributed by atoms with Crippen molar-refractivity contribution in [3.8, 4) is 6.01 Å². The topological polar surface area (TPSA) is 128 Å². The maximum absolute atomic E-state index is 12.8. The number of rotatable bonds is 13. The average molecular weight is 611 g/mol. The highest BCUT2D eigenvalue weighted by Crippen LogP contribution is 2.48. The van der Waals surface area contributed by atoms with Crippen LogP contribution < -0.4 is 10.1 Å². The van der Waals surface area contributed by atoms with Crippen LogP contribution in [0.1, 0.15) is 53.0 Å². The molecule has 1 aliphatic rings. The van der Waals surface area contributed by atoms with Crippen molar-refractivity contribution < 1.29 is 35.9 Å². The lowest BCUT2D eigenvalue weighted by molar-refractivity contribution is -0.154. The molecule has 0 radical (unpaired) electrons. The molecule has 1 aromatic heterocycles. The third-order valence-corrected chi connectivity index (χ3v) is 7.31. The Bertz CT molecular complexity index is 1530. The smallest absolute Gasteiger partial charge is 0.422 e. The van der Waals surface area contributed by atoms with Crippen LogP contribution in [0.4, 0.5) is 19.1 Å². The van der Waals surface area contributed by atoms with Gasteiger partial charge in [-0.2, -0.15) is 28.1 Å². The number of ketones is 2. The van der Waals surface area contributed by atoms with Gasteiger partial charge in [-0.3, -0.25) is 9.59 Å². The summed E-state index contributed by atoms with van der Waals surface area (Å²) >= 11 is 5.99. The second-order valence-electron chi connectivity index (χ2n) is 9.88. The molecular formula is C27H26ClF3N4O5S. The second kappa shape index (κ2) is 12.1. The number of carbonyl (C=O) groups excluding carboxylic acids is 2. The molecule has 9 nitrogen and oxygen atoms in total. The SMILES string of the molecule is CS(=O)(=O)CC(=O)CCC(=O)c1ccc(Cc2nc(NC3(c4ccc(Cl)cc4)CC3)nc(OCC(F)(F)F)n2)cc1. The molecule has 0 atom stereocenters. The van der Waals surface area contributed by atoms with Gasteiger partial charge in [0.15, 0.2) is 22.2 Å². The van der Waals surface area contributed by atoms with E-state index in [2.05, 4.69) is 20.3 Å². The van der Waals surface area contributed by atoms with Crippen molar-refractivity contribution in [3.63, 3.8) is 0 Å². The molecule has 0 aliphatic heterocycles. The van der Waals surface area contributed by atoms with Crippen LogP contribution in [0.5, 0.6) is 6.01 Å². The number of halogens is 4. The molecule has 14 heteroatoms. The van der Waals surface area contributed by atoms with Crippen molar-refractivity contribution in [2.24, 2.45) is 0 Å². The lowest BCUT2D eigenvalue weighted by atomic mass is 10.0. The molecule has 3 aromatic rings. The van der Waals surface area contributed by atoms with Gasteiger partial charge in [0.2, 0.25) is 5.95 Å². The van der Waals surface area contributed by atoms with Crippen molar-refractivity contribution in [2.75, 3.05) is 23.9 Å². The van der Waals surface area contributed by atoms with Crippen molar-refractivity contribution in [1.29, 1.82) is 0 Å². The van der Waals surface area contributed by atoms with Gasteiger partial charge in [-0.15, -0.1) is 0 Å². The highest BCUT2D eigenvalue weighted by Gasteiger charge is 2.45. The Kier molecular flexibility index (Phi) is 8.97. The van der Waals surface area contributed by atoms with Crippen LogP contribution in [-0.4, -0.2) is 59.7 Å². The quantitative estimate of drug-likeness (QED) is 0.273. The van der Waals surface area contributed by atoms with Crippen molar-refractivity contribution >= 4 is 39.0 Å². The van der Waals surface area contributed by atoms with Gasteiger partial charge < -0.3 is 10.1 Å². The van der Waals surface area contributed by atoms with Crippen molar-refractivity contribution in [2.45, 2.75) is 43.8 Å². The van der Waals surface area contributed by atoms with E-state index in [1.165, 1.54) is 0 Å². The standard InChI is InChI=1S/C27H26ClF3N4O5S/c1-41(38,39)15-21(36)10-11-22(37)18-4-2-17(3-5-18)14-23-32-24(34-25(33-23)40-16-27(29,30)31)35-26(12-13-26)19-6-8-20(28)9-7-19/h2-9H,10-16H2,1H3,(H,32,33,34,35). The highest BCUT2D eigenvalue weighted by atomic mass is 35.5. The summed E-state index contributed by atoms with van der Waals surface area (Å²) in [7, 11) is -3.46.